The quantitative estimate of drug-likeness (QED) is 0.935. The van der Waals surface area contributed by atoms with Crippen LogP contribution in [-0.4, -0.2) is 69.0 Å². The first kappa shape index (κ1) is 15.7. The number of aromatic amines is 1. The molecule has 2 aromatic rings. The van der Waals surface area contributed by atoms with Gasteiger partial charge >= 0.3 is 0 Å². The normalized spacial score (nSPS) is 23.8. The molecule has 4 rings (SSSR count). The minimum atomic E-state index is 0.514. The third-order valence-electron chi connectivity index (χ3n) is 5.44. The fourth-order valence-electron chi connectivity index (χ4n) is 4.05. The van der Waals surface area contributed by atoms with Gasteiger partial charge in [-0.1, -0.05) is 0 Å². The van der Waals surface area contributed by atoms with Crippen LogP contribution in [0, 0.1) is 6.92 Å². The number of rotatable bonds is 3. The largest absolute Gasteiger partial charge is 0.343 e. The van der Waals surface area contributed by atoms with Gasteiger partial charge in [-0.2, -0.15) is 0 Å². The zero-order chi connectivity index (χ0) is 16.5. The SMILES string of the molecule is Cc1nc(-c2ncc[nH]2)cc([C@H]2CCN(C3CCN(C)CC3)C2)n1. The van der Waals surface area contributed by atoms with E-state index < -0.39 is 0 Å². The number of nitrogens with zero attached hydrogens (tertiary/aromatic N) is 5. The Morgan fingerprint density at radius 2 is 1.96 bits per heavy atom. The summed E-state index contributed by atoms with van der Waals surface area (Å²) in [7, 11) is 2.23. The molecule has 2 saturated heterocycles. The number of likely N-dealkylation sites (tertiary alicyclic amines) is 2. The van der Waals surface area contributed by atoms with Crippen molar-refractivity contribution in [3.63, 3.8) is 0 Å². The average Bonchev–Trinajstić information content (AvgIpc) is 3.27. The highest BCUT2D eigenvalue weighted by atomic mass is 15.2. The van der Waals surface area contributed by atoms with Gasteiger partial charge < -0.3 is 9.88 Å². The third-order valence-corrected chi connectivity index (χ3v) is 5.44. The first-order valence-electron chi connectivity index (χ1n) is 8.97. The molecule has 6 heteroatoms. The second-order valence-electron chi connectivity index (χ2n) is 7.18. The van der Waals surface area contributed by atoms with Gasteiger partial charge in [0.15, 0.2) is 5.82 Å². The molecule has 128 valence electrons. The van der Waals surface area contributed by atoms with Gasteiger partial charge in [0.1, 0.15) is 11.5 Å². The lowest BCUT2D eigenvalue weighted by Crippen LogP contribution is -2.42. The van der Waals surface area contributed by atoms with E-state index in [1.807, 2.05) is 13.1 Å². The zero-order valence-corrected chi connectivity index (χ0v) is 14.6. The Morgan fingerprint density at radius 3 is 2.71 bits per heavy atom. The van der Waals surface area contributed by atoms with Crippen molar-refractivity contribution >= 4 is 0 Å². The van der Waals surface area contributed by atoms with Crippen molar-refractivity contribution < 1.29 is 0 Å². The van der Waals surface area contributed by atoms with Gasteiger partial charge in [0.05, 0.1) is 0 Å². The summed E-state index contributed by atoms with van der Waals surface area (Å²) in [5.74, 6) is 2.17. The summed E-state index contributed by atoms with van der Waals surface area (Å²) < 4.78 is 0. The first-order chi connectivity index (χ1) is 11.7. The van der Waals surface area contributed by atoms with E-state index in [9.17, 15) is 0 Å². The molecule has 0 aliphatic carbocycles. The van der Waals surface area contributed by atoms with E-state index in [1.54, 1.807) is 6.20 Å². The van der Waals surface area contributed by atoms with Gasteiger partial charge in [0, 0.05) is 36.6 Å². The molecule has 6 nitrogen and oxygen atoms in total. The van der Waals surface area contributed by atoms with Crippen molar-refractivity contribution in [2.75, 3.05) is 33.2 Å². The van der Waals surface area contributed by atoms with Crippen molar-refractivity contribution in [2.24, 2.45) is 0 Å². The van der Waals surface area contributed by atoms with Crippen LogP contribution in [0.3, 0.4) is 0 Å². The smallest absolute Gasteiger partial charge is 0.156 e. The van der Waals surface area contributed by atoms with Gasteiger partial charge in [-0.25, -0.2) is 15.0 Å². The molecular formula is C18H26N6. The van der Waals surface area contributed by atoms with E-state index in [0.717, 1.165) is 29.9 Å². The number of aromatic nitrogens is 4. The van der Waals surface area contributed by atoms with Gasteiger partial charge in [0.2, 0.25) is 0 Å². The lowest BCUT2D eigenvalue weighted by atomic mass is 10.0. The van der Waals surface area contributed by atoms with Gasteiger partial charge in [0.25, 0.3) is 0 Å². The van der Waals surface area contributed by atoms with Crippen LogP contribution >= 0.6 is 0 Å². The van der Waals surface area contributed by atoms with Crippen molar-refractivity contribution in [3.8, 4) is 11.5 Å². The van der Waals surface area contributed by atoms with Gasteiger partial charge in [-0.3, -0.25) is 4.90 Å². The Hall–Kier alpha value is -1.79. The number of hydrogen-bond acceptors (Lipinski definition) is 5. The van der Waals surface area contributed by atoms with Crippen molar-refractivity contribution in [3.05, 3.63) is 30.0 Å². The van der Waals surface area contributed by atoms with Crippen LogP contribution in [0.25, 0.3) is 11.5 Å². The summed E-state index contributed by atoms with van der Waals surface area (Å²) in [4.78, 5) is 21.9. The molecule has 0 amide bonds. The predicted molar refractivity (Wildman–Crippen MR) is 93.8 cm³/mol. The first-order valence-corrected chi connectivity index (χ1v) is 8.97. The lowest BCUT2D eigenvalue weighted by Gasteiger charge is -2.35. The lowest BCUT2D eigenvalue weighted by molar-refractivity contribution is 0.142. The molecule has 0 aromatic carbocycles. The van der Waals surface area contributed by atoms with E-state index in [4.69, 9.17) is 4.98 Å². The fourth-order valence-corrected chi connectivity index (χ4v) is 4.05. The number of H-pyrrole nitrogens is 1. The van der Waals surface area contributed by atoms with Crippen molar-refractivity contribution in [2.45, 2.75) is 38.1 Å². The van der Waals surface area contributed by atoms with Gasteiger partial charge in [-0.15, -0.1) is 0 Å². The number of imidazole rings is 1. The molecule has 0 unspecified atom stereocenters. The number of nitrogens with one attached hydrogen (secondary N) is 1. The van der Waals surface area contributed by atoms with Crippen molar-refractivity contribution in [1.82, 2.24) is 29.7 Å². The molecule has 2 fully saturated rings. The summed E-state index contributed by atoms with van der Waals surface area (Å²) in [5, 5.41) is 0. The molecule has 0 saturated carbocycles. The zero-order valence-electron chi connectivity index (χ0n) is 14.6. The van der Waals surface area contributed by atoms with E-state index in [1.165, 1.54) is 44.6 Å². The molecule has 24 heavy (non-hydrogen) atoms. The number of aryl methyl sites for hydroxylation is 1. The molecule has 2 aromatic heterocycles. The Morgan fingerprint density at radius 1 is 1.12 bits per heavy atom. The molecular weight excluding hydrogens is 300 g/mol. The minimum absolute atomic E-state index is 0.514. The maximum Gasteiger partial charge on any atom is 0.156 e. The Labute approximate surface area is 143 Å². The molecule has 0 radical (unpaired) electrons. The third kappa shape index (κ3) is 3.21. The number of piperidine rings is 1. The summed E-state index contributed by atoms with van der Waals surface area (Å²) in [5.41, 5.74) is 2.07. The predicted octanol–water partition coefficient (Wildman–Crippen LogP) is 2.06. The molecule has 0 bridgehead atoms. The monoisotopic (exact) mass is 326 g/mol. The summed E-state index contributed by atoms with van der Waals surface area (Å²) in [6, 6.07) is 2.87. The highest BCUT2D eigenvalue weighted by Gasteiger charge is 2.31. The standard InChI is InChI=1S/C18H26N6/c1-13-21-16(11-17(22-13)18-19-6-7-20-18)14-3-10-24(12-14)15-4-8-23(2)9-5-15/h6-7,11,14-15H,3-5,8-10,12H2,1-2H3,(H,19,20)/t14-/m0/s1. The molecule has 4 heterocycles. The van der Waals surface area contributed by atoms with E-state index in [-0.39, 0.29) is 0 Å². The van der Waals surface area contributed by atoms with Crippen LogP contribution in [0.1, 0.15) is 36.7 Å². The maximum absolute atomic E-state index is 4.73. The maximum atomic E-state index is 4.73. The minimum Gasteiger partial charge on any atom is -0.343 e. The van der Waals surface area contributed by atoms with Crippen LogP contribution in [0.4, 0.5) is 0 Å². The second kappa shape index (κ2) is 6.61. The van der Waals surface area contributed by atoms with E-state index >= 15 is 0 Å². The summed E-state index contributed by atoms with van der Waals surface area (Å²) >= 11 is 0. The van der Waals surface area contributed by atoms with Crippen LogP contribution < -0.4 is 0 Å². The molecule has 2 aliphatic heterocycles. The van der Waals surface area contributed by atoms with E-state index in [0.29, 0.717) is 5.92 Å². The number of hydrogen-bond donors (Lipinski definition) is 1. The van der Waals surface area contributed by atoms with Crippen LogP contribution in [0.15, 0.2) is 18.5 Å². The summed E-state index contributed by atoms with van der Waals surface area (Å²) in [6.07, 6.45) is 7.39. The Bertz CT molecular complexity index is 675. The van der Waals surface area contributed by atoms with Crippen LogP contribution in [0.2, 0.25) is 0 Å². The van der Waals surface area contributed by atoms with Crippen molar-refractivity contribution in [1.29, 1.82) is 0 Å². The Balaban J connectivity index is 1.49. The average molecular weight is 326 g/mol. The fraction of sp³-hybridized carbons (Fsp3) is 0.611. The highest BCUT2D eigenvalue weighted by Crippen LogP contribution is 2.31. The molecule has 1 atom stereocenters. The molecule has 0 spiro atoms. The topological polar surface area (TPSA) is 60.9 Å². The van der Waals surface area contributed by atoms with Crippen LogP contribution in [-0.2, 0) is 0 Å². The van der Waals surface area contributed by atoms with E-state index in [2.05, 4.69) is 37.9 Å². The Kier molecular flexibility index (Phi) is 4.33. The second-order valence-corrected chi connectivity index (χ2v) is 7.18. The van der Waals surface area contributed by atoms with Gasteiger partial charge in [-0.05, 0) is 58.9 Å². The molecule has 2 aliphatic rings. The van der Waals surface area contributed by atoms with Crippen LogP contribution in [0.5, 0.6) is 0 Å². The summed E-state index contributed by atoms with van der Waals surface area (Å²) in [6.45, 7) is 6.74. The molecule has 1 N–H and O–H groups in total. The highest BCUT2D eigenvalue weighted by molar-refractivity contribution is 5.49.